The molecule has 0 N–H and O–H groups in total. The summed E-state index contributed by atoms with van der Waals surface area (Å²) in [6.07, 6.45) is 0. The number of methoxy groups -OCH3 is 1. The molecule has 1 amide bonds. The van der Waals surface area contributed by atoms with Gasteiger partial charge in [-0.05, 0) is 48.0 Å². The van der Waals surface area contributed by atoms with Gasteiger partial charge in [0, 0.05) is 15.6 Å². The minimum Gasteiger partial charge on any atom is -0.497 e. The zero-order valence-corrected chi connectivity index (χ0v) is 17.4. The van der Waals surface area contributed by atoms with E-state index in [4.69, 9.17) is 27.9 Å². The highest BCUT2D eigenvalue weighted by molar-refractivity contribution is 6.37. The van der Waals surface area contributed by atoms with Gasteiger partial charge in [-0.1, -0.05) is 53.5 Å². The predicted molar refractivity (Wildman–Crippen MR) is 118 cm³/mol. The van der Waals surface area contributed by atoms with Crippen molar-refractivity contribution in [3.05, 3.63) is 94.0 Å². The molecule has 3 aromatic rings. The third-order valence-electron chi connectivity index (χ3n) is 4.74. The lowest BCUT2D eigenvalue weighted by molar-refractivity contribution is -0.118. The van der Waals surface area contributed by atoms with Gasteiger partial charge in [-0.25, -0.2) is 0 Å². The minimum absolute atomic E-state index is 0.346. The summed E-state index contributed by atoms with van der Waals surface area (Å²) in [5.41, 5.74) is 1.85. The normalized spacial score (nSPS) is 15.8. The largest absolute Gasteiger partial charge is 0.497 e. The molecule has 7 heteroatoms. The van der Waals surface area contributed by atoms with Crippen LogP contribution in [-0.2, 0) is 4.79 Å². The maximum atomic E-state index is 13.3. The lowest BCUT2D eigenvalue weighted by Gasteiger charge is -2.15. The first-order valence-electron chi connectivity index (χ1n) is 9.10. The van der Waals surface area contributed by atoms with Gasteiger partial charge in [-0.3, -0.25) is 9.59 Å². The van der Waals surface area contributed by atoms with Crippen molar-refractivity contribution in [1.29, 1.82) is 0 Å². The molecule has 0 fully saturated rings. The molecule has 0 saturated carbocycles. The fourth-order valence-electron chi connectivity index (χ4n) is 3.29. The number of rotatable bonds is 5. The van der Waals surface area contributed by atoms with Crippen LogP contribution in [0.25, 0.3) is 0 Å². The van der Waals surface area contributed by atoms with Gasteiger partial charge >= 0.3 is 0 Å². The Morgan fingerprint density at radius 3 is 2.20 bits per heavy atom. The summed E-state index contributed by atoms with van der Waals surface area (Å²) >= 11 is 12.2. The van der Waals surface area contributed by atoms with E-state index in [0.717, 1.165) is 0 Å². The zero-order chi connectivity index (χ0) is 21.3. The molecule has 0 radical (unpaired) electrons. The monoisotopic (exact) mass is 438 g/mol. The molecule has 5 nitrogen and oxygen atoms in total. The smallest absolute Gasteiger partial charge is 0.264 e. The van der Waals surface area contributed by atoms with Crippen LogP contribution in [0, 0.1) is 5.92 Å². The van der Waals surface area contributed by atoms with Crippen molar-refractivity contribution in [3.63, 3.8) is 0 Å². The van der Waals surface area contributed by atoms with Crippen LogP contribution >= 0.6 is 23.2 Å². The van der Waals surface area contributed by atoms with Crippen LogP contribution in [0.2, 0.25) is 10.0 Å². The summed E-state index contributed by atoms with van der Waals surface area (Å²) in [7, 11) is 1.55. The number of Topliss-reactive ketones (excluding diaryl/α,β-unsaturated/α-hetero) is 1. The van der Waals surface area contributed by atoms with Crippen molar-refractivity contribution < 1.29 is 14.3 Å². The third-order valence-corrected chi connectivity index (χ3v) is 5.17. The van der Waals surface area contributed by atoms with Crippen molar-refractivity contribution in [3.8, 4) is 5.75 Å². The first-order valence-corrected chi connectivity index (χ1v) is 9.86. The molecule has 30 heavy (non-hydrogen) atoms. The fourth-order valence-corrected chi connectivity index (χ4v) is 3.81. The first-order chi connectivity index (χ1) is 14.5. The topological polar surface area (TPSA) is 59.0 Å². The molecule has 150 valence electrons. The molecule has 0 saturated heterocycles. The Labute approximate surface area is 183 Å². The average molecular weight is 439 g/mol. The third kappa shape index (κ3) is 3.82. The van der Waals surface area contributed by atoms with E-state index in [9.17, 15) is 9.59 Å². The number of benzene rings is 3. The Morgan fingerprint density at radius 2 is 1.60 bits per heavy atom. The Kier molecular flexibility index (Phi) is 5.57. The molecule has 4 rings (SSSR count). The van der Waals surface area contributed by atoms with Gasteiger partial charge < -0.3 is 4.74 Å². The SMILES string of the molecule is COc1ccc(C(=O)C2C(=O)N(c3cc(Cl)cc(Cl)c3)N=C2c2ccccc2)cc1. The summed E-state index contributed by atoms with van der Waals surface area (Å²) in [6, 6.07) is 20.5. The molecule has 3 aromatic carbocycles. The summed E-state index contributed by atoms with van der Waals surface area (Å²) in [6.45, 7) is 0. The van der Waals surface area contributed by atoms with Gasteiger partial charge in [0.1, 0.15) is 11.7 Å². The second-order valence-electron chi connectivity index (χ2n) is 6.65. The highest BCUT2D eigenvalue weighted by atomic mass is 35.5. The maximum absolute atomic E-state index is 13.3. The van der Waals surface area contributed by atoms with Crippen LogP contribution in [0.1, 0.15) is 15.9 Å². The molecule has 0 bridgehead atoms. The van der Waals surface area contributed by atoms with Gasteiger partial charge in [-0.2, -0.15) is 10.1 Å². The minimum atomic E-state index is -1.08. The summed E-state index contributed by atoms with van der Waals surface area (Å²) in [4.78, 5) is 26.7. The Bertz CT molecular complexity index is 1120. The Balaban J connectivity index is 1.78. The van der Waals surface area contributed by atoms with E-state index in [0.29, 0.717) is 38.3 Å². The molecular weight excluding hydrogens is 423 g/mol. The first kappa shape index (κ1) is 20.1. The highest BCUT2D eigenvalue weighted by Crippen LogP contribution is 2.32. The quantitative estimate of drug-likeness (QED) is 0.403. The van der Waals surface area contributed by atoms with Crippen LogP contribution in [0.4, 0.5) is 5.69 Å². The van der Waals surface area contributed by atoms with E-state index in [1.807, 2.05) is 30.3 Å². The number of hydrogen-bond acceptors (Lipinski definition) is 4. The van der Waals surface area contributed by atoms with Crippen LogP contribution in [-0.4, -0.2) is 24.5 Å². The number of halogens is 2. The van der Waals surface area contributed by atoms with Crippen molar-refractivity contribution >= 4 is 46.3 Å². The van der Waals surface area contributed by atoms with Gasteiger partial charge in [-0.15, -0.1) is 0 Å². The number of carbonyl (C=O) groups excluding carboxylic acids is 2. The zero-order valence-electron chi connectivity index (χ0n) is 15.9. The number of amides is 1. The van der Waals surface area contributed by atoms with Gasteiger partial charge in [0.15, 0.2) is 5.78 Å². The van der Waals surface area contributed by atoms with Crippen molar-refractivity contribution in [1.82, 2.24) is 0 Å². The Morgan fingerprint density at radius 1 is 0.967 bits per heavy atom. The fraction of sp³-hybridized carbons (Fsp3) is 0.0870. The lowest BCUT2D eigenvalue weighted by atomic mass is 9.89. The maximum Gasteiger partial charge on any atom is 0.264 e. The van der Waals surface area contributed by atoms with E-state index in [1.54, 1.807) is 49.6 Å². The molecule has 1 aliphatic heterocycles. The summed E-state index contributed by atoms with van der Waals surface area (Å²) in [5, 5.41) is 6.41. The number of carbonyl (C=O) groups is 2. The summed E-state index contributed by atoms with van der Waals surface area (Å²) in [5.74, 6) is -1.27. The number of nitrogens with zero attached hydrogens (tertiary/aromatic N) is 2. The Hall–Kier alpha value is -3.15. The van der Waals surface area contributed by atoms with E-state index in [-0.39, 0.29) is 5.78 Å². The average Bonchev–Trinajstić information content (AvgIpc) is 3.10. The van der Waals surface area contributed by atoms with Crippen LogP contribution < -0.4 is 9.75 Å². The van der Waals surface area contributed by atoms with E-state index in [2.05, 4.69) is 5.10 Å². The van der Waals surface area contributed by atoms with Crippen molar-refractivity contribution in [2.75, 3.05) is 12.1 Å². The van der Waals surface area contributed by atoms with E-state index < -0.39 is 11.8 Å². The standard InChI is InChI=1S/C23H16Cl2N2O3/c1-30-19-9-7-15(8-10-19)22(28)20-21(14-5-3-2-4-6-14)26-27(23(20)29)18-12-16(24)11-17(25)13-18/h2-13,20H,1H3. The molecule has 1 atom stereocenters. The van der Waals surface area contributed by atoms with Gasteiger partial charge in [0.2, 0.25) is 0 Å². The second-order valence-corrected chi connectivity index (χ2v) is 7.53. The van der Waals surface area contributed by atoms with Crippen LogP contribution in [0.15, 0.2) is 77.9 Å². The van der Waals surface area contributed by atoms with Gasteiger partial charge in [0.05, 0.1) is 18.5 Å². The van der Waals surface area contributed by atoms with Crippen LogP contribution in [0.3, 0.4) is 0 Å². The van der Waals surface area contributed by atoms with E-state index >= 15 is 0 Å². The molecule has 1 heterocycles. The van der Waals surface area contributed by atoms with Crippen molar-refractivity contribution in [2.45, 2.75) is 0 Å². The highest BCUT2D eigenvalue weighted by Gasteiger charge is 2.42. The van der Waals surface area contributed by atoms with Crippen molar-refractivity contribution in [2.24, 2.45) is 11.0 Å². The summed E-state index contributed by atoms with van der Waals surface area (Å²) < 4.78 is 5.15. The number of hydrogen-bond donors (Lipinski definition) is 0. The lowest BCUT2D eigenvalue weighted by Crippen LogP contribution is -2.33. The molecule has 0 aliphatic carbocycles. The molecule has 1 aliphatic rings. The van der Waals surface area contributed by atoms with Crippen LogP contribution in [0.5, 0.6) is 5.75 Å². The number of hydrazone groups is 1. The predicted octanol–water partition coefficient (Wildman–Crippen LogP) is 5.25. The number of ketones is 1. The second kappa shape index (κ2) is 8.30. The molecule has 0 aromatic heterocycles. The molecular formula is C23H16Cl2N2O3. The number of anilines is 1. The van der Waals surface area contributed by atoms with E-state index in [1.165, 1.54) is 5.01 Å². The van der Waals surface area contributed by atoms with Gasteiger partial charge in [0.25, 0.3) is 5.91 Å². The molecule has 0 spiro atoms. The molecule has 1 unspecified atom stereocenters. The number of ether oxygens (including phenoxy) is 1.